The van der Waals surface area contributed by atoms with Crippen molar-refractivity contribution in [2.24, 2.45) is 0 Å². The van der Waals surface area contributed by atoms with Crippen molar-refractivity contribution in [3.05, 3.63) is 60.7 Å². The molecule has 0 bridgehead atoms. The van der Waals surface area contributed by atoms with Gasteiger partial charge < -0.3 is 0 Å². The van der Waals surface area contributed by atoms with Gasteiger partial charge in [0.1, 0.15) is 0 Å². The van der Waals surface area contributed by atoms with E-state index in [0.717, 1.165) is 9.79 Å². The molecule has 18 heavy (non-hydrogen) atoms. The summed E-state index contributed by atoms with van der Waals surface area (Å²) in [6.45, 7) is 0. The van der Waals surface area contributed by atoms with Crippen molar-refractivity contribution in [3.63, 3.8) is 0 Å². The molecule has 0 aliphatic carbocycles. The molecule has 0 aliphatic heterocycles. The fourth-order valence-corrected chi connectivity index (χ4v) is 5.11. The second-order valence-corrected chi connectivity index (χ2v) is 7.55. The second-order valence-electron chi connectivity index (χ2n) is 3.72. The van der Waals surface area contributed by atoms with Gasteiger partial charge in [-0.05, 0) is 24.3 Å². The zero-order valence-electron chi connectivity index (χ0n) is 9.56. The van der Waals surface area contributed by atoms with E-state index in [2.05, 4.69) is 0 Å². The minimum absolute atomic E-state index is 0.277. The number of hydrogen-bond donors (Lipinski definition) is 1. The molecule has 2 aromatic carbocycles. The Bertz CT molecular complexity index is 555. The maximum atomic E-state index is 11.2. The van der Waals surface area contributed by atoms with Gasteiger partial charge in [0.05, 0.1) is 10.9 Å². The van der Waals surface area contributed by atoms with Gasteiger partial charge in [0.15, 0.2) is 9.79 Å². The van der Waals surface area contributed by atoms with Crippen LogP contribution in [0.1, 0.15) is 0 Å². The van der Waals surface area contributed by atoms with Gasteiger partial charge in [-0.1, -0.05) is 36.4 Å². The highest BCUT2D eigenvalue weighted by Crippen LogP contribution is 2.24. The molecule has 5 heteroatoms. The van der Waals surface area contributed by atoms with Gasteiger partial charge >= 0.3 is 10.1 Å². The standard InChI is InChI=1S/C13H12O3S2/c14-18(15,16)11-17(12-7-3-1-4-8-12)13-9-5-2-6-10-13/h1-10H,11H2/p+1. The second kappa shape index (κ2) is 5.56. The first-order chi connectivity index (χ1) is 8.56. The van der Waals surface area contributed by atoms with Crippen molar-refractivity contribution in [1.82, 2.24) is 0 Å². The van der Waals surface area contributed by atoms with E-state index >= 15 is 0 Å². The van der Waals surface area contributed by atoms with E-state index in [9.17, 15) is 8.42 Å². The molecule has 0 aliphatic rings. The predicted molar refractivity (Wildman–Crippen MR) is 73.2 cm³/mol. The van der Waals surface area contributed by atoms with Gasteiger partial charge in [0, 0.05) is 0 Å². The van der Waals surface area contributed by atoms with Crippen LogP contribution in [0.3, 0.4) is 0 Å². The Kier molecular flexibility index (Phi) is 4.06. The number of hydrogen-bond acceptors (Lipinski definition) is 2. The van der Waals surface area contributed by atoms with Crippen LogP contribution in [-0.2, 0) is 21.0 Å². The summed E-state index contributed by atoms with van der Waals surface area (Å²) in [4.78, 5) is 1.81. The van der Waals surface area contributed by atoms with Crippen LogP contribution < -0.4 is 0 Å². The minimum atomic E-state index is -4.01. The lowest BCUT2D eigenvalue weighted by atomic mass is 10.4. The largest absolute Gasteiger partial charge is 0.312 e. The molecule has 0 atom stereocenters. The van der Waals surface area contributed by atoms with Crippen molar-refractivity contribution in [2.45, 2.75) is 9.79 Å². The predicted octanol–water partition coefficient (Wildman–Crippen LogP) is 2.57. The van der Waals surface area contributed by atoms with E-state index in [-0.39, 0.29) is 5.08 Å². The topological polar surface area (TPSA) is 54.4 Å². The molecule has 0 fully saturated rings. The normalized spacial score (nSPS) is 11.7. The summed E-state index contributed by atoms with van der Waals surface area (Å²) in [7, 11) is -4.67. The Balaban J connectivity index is 2.42. The van der Waals surface area contributed by atoms with Gasteiger partial charge in [0.25, 0.3) is 0 Å². The molecule has 0 amide bonds. The van der Waals surface area contributed by atoms with Crippen LogP contribution in [0.2, 0.25) is 0 Å². The van der Waals surface area contributed by atoms with E-state index in [1.54, 1.807) is 0 Å². The highest BCUT2D eigenvalue weighted by molar-refractivity contribution is 8.08. The van der Waals surface area contributed by atoms with Crippen LogP contribution in [0, 0.1) is 0 Å². The molecular formula is C13H13O3S2+. The maximum absolute atomic E-state index is 11.2. The third-order valence-electron chi connectivity index (χ3n) is 2.32. The van der Waals surface area contributed by atoms with Crippen LogP contribution in [0.15, 0.2) is 70.5 Å². The molecule has 0 unspecified atom stereocenters. The number of benzene rings is 2. The van der Waals surface area contributed by atoms with Gasteiger partial charge in [-0.15, -0.1) is 0 Å². The summed E-state index contributed by atoms with van der Waals surface area (Å²) in [5.74, 6) is 0. The van der Waals surface area contributed by atoms with E-state index in [1.165, 1.54) is 0 Å². The Morgan fingerprint density at radius 2 is 1.22 bits per heavy atom. The smallest absolute Gasteiger partial charge is 0.282 e. The highest BCUT2D eigenvalue weighted by atomic mass is 32.3. The van der Waals surface area contributed by atoms with Crippen molar-refractivity contribution >= 4 is 21.0 Å². The average molecular weight is 281 g/mol. The van der Waals surface area contributed by atoms with E-state index < -0.39 is 21.0 Å². The Morgan fingerprint density at radius 1 is 0.833 bits per heavy atom. The molecule has 0 aromatic heterocycles. The maximum Gasteiger partial charge on any atom is 0.312 e. The molecule has 0 spiro atoms. The Morgan fingerprint density at radius 3 is 1.56 bits per heavy atom. The molecule has 2 aromatic rings. The van der Waals surface area contributed by atoms with Crippen molar-refractivity contribution < 1.29 is 13.0 Å². The van der Waals surface area contributed by atoms with Crippen LogP contribution in [0.5, 0.6) is 0 Å². The minimum Gasteiger partial charge on any atom is -0.282 e. The molecule has 0 heterocycles. The first kappa shape index (κ1) is 13.1. The molecule has 0 saturated carbocycles. The third-order valence-corrected chi connectivity index (χ3v) is 6.14. The monoisotopic (exact) mass is 281 g/mol. The highest BCUT2D eigenvalue weighted by Gasteiger charge is 2.30. The molecule has 3 nitrogen and oxygen atoms in total. The molecular weight excluding hydrogens is 268 g/mol. The lowest BCUT2D eigenvalue weighted by Gasteiger charge is -2.05. The lowest BCUT2D eigenvalue weighted by Crippen LogP contribution is -2.16. The fraction of sp³-hybridized carbons (Fsp3) is 0.0769. The zero-order chi connectivity index (χ0) is 13.0. The summed E-state index contributed by atoms with van der Waals surface area (Å²) in [6, 6.07) is 18.7. The number of rotatable bonds is 4. The molecule has 94 valence electrons. The Hall–Kier alpha value is -1.30. The van der Waals surface area contributed by atoms with Gasteiger partial charge in [-0.2, -0.15) is 8.42 Å². The first-order valence-corrected chi connectivity index (χ1v) is 8.33. The van der Waals surface area contributed by atoms with Crippen LogP contribution in [-0.4, -0.2) is 18.1 Å². The third kappa shape index (κ3) is 3.60. The lowest BCUT2D eigenvalue weighted by molar-refractivity contribution is 0.489. The van der Waals surface area contributed by atoms with E-state index in [4.69, 9.17) is 4.55 Å². The molecule has 1 N–H and O–H groups in total. The van der Waals surface area contributed by atoms with Gasteiger partial charge in [-0.25, -0.2) is 0 Å². The quantitative estimate of drug-likeness (QED) is 0.692. The summed E-state index contributed by atoms with van der Waals surface area (Å²) >= 11 is 0. The van der Waals surface area contributed by atoms with Crippen LogP contribution >= 0.6 is 0 Å². The van der Waals surface area contributed by atoms with Crippen LogP contribution in [0.25, 0.3) is 0 Å². The first-order valence-electron chi connectivity index (χ1n) is 5.32. The van der Waals surface area contributed by atoms with Crippen molar-refractivity contribution in [1.29, 1.82) is 0 Å². The van der Waals surface area contributed by atoms with E-state index in [1.807, 2.05) is 60.7 Å². The van der Waals surface area contributed by atoms with Crippen molar-refractivity contribution in [2.75, 3.05) is 5.08 Å². The molecule has 0 saturated heterocycles. The van der Waals surface area contributed by atoms with Crippen molar-refractivity contribution in [3.8, 4) is 0 Å². The summed E-state index contributed by atoms with van der Waals surface area (Å²) < 4.78 is 31.4. The molecule has 2 rings (SSSR count). The fourth-order valence-electron chi connectivity index (χ4n) is 1.59. The SMILES string of the molecule is O=S(=O)(O)C[S+](c1ccccc1)c1ccccc1. The zero-order valence-corrected chi connectivity index (χ0v) is 11.2. The van der Waals surface area contributed by atoms with Crippen LogP contribution in [0.4, 0.5) is 0 Å². The summed E-state index contributed by atoms with van der Waals surface area (Å²) in [6.07, 6.45) is 0. The summed E-state index contributed by atoms with van der Waals surface area (Å²) in [5, 5.41) is -0.277. The average Bonchev–Trinajstić information content (AvgIpc) is 2.37. The Labute approximate surface area is 110 Å². The van der Waals surface area contributed by atoms with E-state index in [0.29, 0.717) is 0 Å². The summed E-state index contributed by atoms with van der Waals surface area (Å²) in [5.41, 5.74) is 0. The van der Waals surface area contributed by atoms with Gasteiger partial charge in [-0.3, -0.25) is 4.55 Å². The van der Waals surface area contributed by atoms with Gasteiger partial charge in [0.2, 0.25) is 5.08 Å². The molecule has 0 radical (unpaired) electrons.